The summed E-state index contributed by atoms with van der Waals surface area (Å²) in [6, 6.07) is 65.8. The highest BCUT2D eigenvalue weighted by molar-refractivity contribution is 6.24. The van der Waals surface area contributed by atoms with Crippen molar-refractivity contribution in [2.24, 2.45) is 0 Å². The predicted octanol–water partition coefficient (Wildman–Crippen LogP) is 15.1. The molecule has 12 aromatic rings. The van der Waals surface area contributed by atoms with Crippen molar-refractivity contribution in [3.63, 3.8) is 0 Å². The first-order valence-corrected chi connectivity index (χ1v) is 18.5. The molecule has 0 aliphatic carbocycles. The van der Waals surface area contributed by atoms with Crippen LogP contribution in [-0.4, -0.2) is 0 Å². The number of hydrogen-bond acceptors (Lipinski definition) is 2. The van der Waals surface area contributed by atoms with Crippen LogP contribution in [0.3, 0.4) is 0 Å². The van der Waals surface area contributed by atoms with Crippen LogP contribution in [0.25, 0.3) is 120 Å². The third kappa shape index (κ3) is 4.34. The zero-order chi connectivity index (χ0) is 35.3. The van der Waals surface area contributed by atoms with E-state index in [2.05, 4.69) is 182 Å². The molecule has 0 radical (unpaired) electrons. The van der Waals surface area contributed by atoms with Gasteiger partial charge in [0.25, 0.3) is 0 Å². The number of benzene rings is 10. The first-order chi connectivity index (χ1) is 26.7. The number of furan rings is 2. The zero-order valence-corrected chi connectivity index (χ0v) is 29.1. The molecule has 250 valence electrons. The fourth-order valence-corrected chi connectivity index (χ4v) is 8.85. The minimum atomic E-state index is 0.896. The van der Waals surface area contributed by atoms with Gasteiger partial charge in [-0.3, -0.25) is 0 Å². The summed E-state index contributed by atoms with van der Waals surface area (Å²) < 4.78 is 12.9. The van der Waals surface area contributed by atoms with Gasteiger partial charge in [-0.15, -0.1) is 0 Å². The third-order valence-corrected chi connectivity index (χ3v) is 11.4. The molecule has 0 aliphatic rings. The lowest BCUT2D eigenvalue weighted by Crippen LogP contribution is -1.92. The molecule has 0 unspecified atom stereocenters. The van der Waals surface area contributed by atoms with Gasteiger partial charge in [0, 0.05) is 21.5 Å². The zero-order valence-electron chi connectivity index (χ0n) is 29.1. The van der Waals surface area contributed by atoms with Crippen LogP contribution < -0.4 is 0 Å². The van der Waals surface area contributed by atoms with Gasteiger partial charge in [-0.1, -0.05) is 127 Å². The second kappa shape index (κ2) is 11.2. The summed E-state index contributed by atoms with van der Waals surface area (Å²) in [7, 11) is 0. The molecule has 0 spiro atoms. The van der Waals surface area contributed by atoms with E-state index in [1.54, 1.807) is 0 Å². The topological polar surface area (TPSA) is 26.3 Å². The Morgan fingerprint density at radius 1 is 0.222 bits per heavy atom. The van der Waals surface area contributed by atoms with E-state index in [-0.39, 0.29) is 0 Å². The van der Waals surface area contributed by atoms with Crippen LogP contribution in [0, 0.1) is 0 Å². The number of fused-ring (bicyclic) bond motifs is 10. The Morgan fingerprint density at radius 2 is 0.630 bits per heavy atom. The lowest BCUT2D eigenvalue weighted by molar-refractivity contribution is 0.669. The molecule has 12 rings (SSSR count). The predicted molar refractivity (Wildman–Crippen MR) is 227 cm³/mol. The molecule has 2 nitrogen and oxygen atoms in total. The third-order valence-electron chi connectivity index (χ3n) is 11.4. The molecule has 0 fully saturated rings. The monoisotopic (exact) mass is 686 g/mol. The van der Waals surface area contributed by atoms with E-state index in [1.807, 2.05) is 0 Å². The Balaban J connectivity index is 1.16. The molecule has 0 saturated carbocycles. The van der Waals surface area contributed by atoms with Crippen LogP contribution in [-0.2, 0) is 0 Å². The molecule has 2 heterocycles. The van der Waals surface area contributed by atoms with Gasteiger partial charge in [-0.05, 0) is 131 Å². The van der Waals surface area contributed by atoms with E-state index in [0.29, 0.717) is 0 Å². The molecule has 10 aromatic carbocycles. The van der Waals surface area contributed by atoms with Crippen molar-refractivity contribution in [2.45, 2.75) is 0 Å². The Hall–Kier alpha value is -7.16. The van der Waals surface area contributed by atoms with E-state index in [4.69, 9.17) is 8.83 Å². The molecule has 2 aromatic heterocycles. The lowest BCUT2D eigenvalue weighted by atomic mass is 9.84. The fourth-order valence-electron chi connectivity index (χ4n) is 8.85. The largest absolute Gasteiger partial charge is 0.456 e. The van der Waals surface area contributed by atoms with Crippen LogP contribution in [0.5, 0.6) is 0 Å². The Morgan fingerprint density at radius 3 is 1.19 bits per heavy atom. The van der Waals surface area contributed by atoms with Gasteiger partial charge in [0.1, 0.15) is 22.3 Å². The summed E-state index contributed by atoms with van der Waals surface area (Å²) >= 11 is 0. The Kier molecular flexibility index (Phi) is 6.09. The number of hydrogen-bond donors (Lipinski definition) is 0. The van der Waals surface area contributed by atoms with Crippen molar-refractivity contribution in [1.29, 1.82) is 0 Å². The van der Waals surface area contributed by atoms with Crippen LogP contribution in [0.15, 0.2) is 191 Å². The van der Waals surface area contributed by atoms with Gasteiger partial charge in [0.15, 0.2) is 0 Å². The highest BCUT2D eigenvalue weighted by Crippen LogP contribution is 2.47. The van der Waals surface area contributed by atoms with Gasteiger partial charge in [-0.25, -0.2) is 0 Å². The van der Waals surface area contributed by atoms with Gasteiger partial charge in [0.05, 0.1) is 0 Å². The lowest BCUT2D eigenvalue weighted by Gasteiger charge is -2.19. The summed E-state index contributed by atoms with van der Waals surface area (Å²) in [5.74, 6) is 0. The van der Waals surface area contributed by atoms with Gasteiger partial charge < -0.3 is 8.83 Å². The first kappa shape index (κ1) is 29.4. The van der Waals surface area contributed by atoms with Crippen LogP contribution >= 0.6 is 0 Å². The quantitative estimate of drug-likeness (QED) is 0.173. The average Bonchev–Trinajstić information content (AvgIpc) is 3.77. The molecular weight excluding hydrogens is 657 g/mol. The van der Waals surface area contributed by atoms with Gasteiger partial charge in [-0.2, -0.15) is 0 Å². The summed E-state index contributed by atoms with van der Waals surface area (Å²) in [5.41, 5.74) is 10.8. The molecule has 54 heavy (non-hydrogen) atoms. The maximum absolute atomic E-state index is 6.46. The Bertz CT molecular complexity index is 3490. The maximum Gasteiger partial charge on any atom is 0.136 e. The van der Waals surface area contributed by atoms with E-state index in [1.165, 1.54) is 76.5 Å². The average molecular weight is 687 g/mol. The fraction of sp³-hybridized carbons (Fsp3) is 0. The molecule has 0 amide bonds. The second-order valence-corrected chi connectivity index (χ2v) is 14.4. The van der Waals surface area contributed by atoms with Crippen molar-refractivity contribution in [1.82, 2.24) is 0 Å². The van der Waals surface area contributed by atoms with Crippen LogP contribution in [0.4, 0.5) is 0 Å². The van der Waals surface area contributed by atoms with E-state index >= 15 is 0 Å². The second-order valence-electron chi connectivity index (χ2n) is 14.4. The van der Waals surface area contributed by atoms with Crippen LogP contribution in [0.1, 0.15) is 0 Å². The normalized spacial score (nSPS) is 12.1. The van der Waals surface area contributed by atoms with Crippen molar-refractivity contribution in [3.05, 3.63) is 182 Å². The van der Waals surface area contributed by atoms with Crippen molar-refractivity contribution in [3.8, 4) is 33.4 Å². The highest BCUT2D eigenvalue weighted by Gasteiger charge is 2.20. The van der Waals surface area contributed by atoms with Gasteiger partial charge in [0.2, 0.25) is 0 Å². The molecule has 0 N–H and O–H groups in total. The molecular formula is C52H30O2. The van der Waals surface area contributed by atoms with E-state index < -0.39 is 0 Å². The van der Waals surface area contributed by atoms with Crippen molar-refractivity contribution in [2.75, 3.05) is 0 Å². The molecule has 0 aliphatic heterocycles. The minimum Gasteiger partial charge on any atom is -0.456 e. The smallest absolute Gasteiger partial charge is 0.136 e. The summed E-state index contributed by atoms with van der Waals surface area (Å²) in [5, 5.41) is 14.2. The standard InChI is InChI=1S/C52H30O2/c1-2-10-31(11-3-1)36-18-21-41-46(26-36)52(38-20-23-48-43(28-38)45-25-33-13-5-7-15-35(33)30-50(45)54-48)40-17-9-8-16-39(40)51(41)37-19-22-47-42(27-37)44-24-32-12-4-6-14-34(32)29-49(44)53-47/h1-30H. The summed E-state index contributed by atoms with van der Waals surface area (Å²) in [4.78, 5) is 0. The van der Waals surface area contributed by atoms with Crippen molar-refractivity contribution < 1.29 is 8.83 Å². The van der Waals surface area contributed by atoms with E-state index in [9.17, 15) is 0 Å². The van der Waals surface area contributed by atoms with E-state index in [0.717, 1.165) is 43.9 Å². The van der Waals surface area contributed by atoms with Gasteiger partial charge >= 0.3 is 0 Å². The Labute approximate surface area is 310 Å². The SMILES string of the molecule is c1ccc(-c2ccc3c(-c4ccc5oc6cc7ccccc7cc6c5c4)c4ccccc4c(-c4ccc5oc6cc7ccccc7cc6c5c4)c3c2)cc1. The summed E-state index contributed by atoms with van der Waals surface area (Å²) in [6.45, 7) is 0. The minimum absolute atomic E-state index is 0.896. The van der Waals surface area contributed by atoms with Crippen molar-refractivity contribution >= 4 is 87.0 Å². The first-order valence-electron chi connectivity index (χ1n) is 18.5. The number of rotatable bonds is 3. The molecule has 0 saturated heterocycles. The molecule has 0 atom stereocenters. The maximum atomic E-state index is 6.46. The highest BCUT2D eigenvalue weighted by atomic mass is 16.3. The van der Waals surface area contributed by atoms with Crippen LogP contribution in [0.2, 0.25) is 0 Å². The molecule has 2 heteroatoms. The molecule has 0 bridgehead atoms. The summed E-state index contributed by atoms with van der Waals surface area (Å²) in [6.07, 6.45) is 0.